The summed E-state index contributed by atoms with van der Waals surface area (Å²) in [6.45, 7) is 3.90. The van der Waals surface area contributed by atoms with Crippen molar-refractivity contribution in [3.05, 3.63) is 53.1 Å². The highest BCUT2D eigenvalue weighted by Gasteiger charge is 2.16. The van der Waals surface area contributed by atoms with Crippen LogP contribution in [0, 0.1) is 0 Å². The summed E-state index contributed by atoms with van der Waals surface area (Å²) in [6, 6.07) is 9.52. The molecule has 1 aromatic carbocycles. The topological polar surface area (TPSA) is 65.1 Å². The van der Waals surface area contributed by atoms with Gasteiger partial charge in [0, 0.05) is 49.5 Å². The van der Waals surface area contributed by atoms with Crippen molar-refractivity contribution in [1.82, 2.24) is 19.9 Å². The number of likely N-dealkylation sites (N-methyl/N-ethyl adjacent to an activating group) is 1. The van der Waals surface area contributed by atoms with Crippen molar-refractivity contribution < 1.29 is 0 Å². The number of hydrogen-bond donors (Lipinski definition) is 1. The molecule has 1 N–H and O–H groups in total. The molecule has 24 heavy (non-hydrogen) atoms. The predicted molar refractivity (Wildman–Crippen MR) is 95.3 cm³/mol. The number of nitrogens with one attached hydrogen (secondary N) is 1. The lowest BCUT2D eigenvalue weighted by Gasteiger charge is -2.32. The Hall–Kier alpha value is -2.73. The van der Waals surface area contributed by atoms with Crippen molar-refractivity contribution in [3.63, 3.8) is 0 Å². The first-order chi connectivity index (χ1) is 11.7. The van der Waals surface area contributed by atoms with Crippen LogP contribution in [0.3, 0.4) is 0 Å². The average Bonchev–Trinajstić information content (AvgIpc) is 2.62. The van der Waals surface area contributed by atoms with Crippen LogP contribution < -0.4 is 10.5 Å². The first kappa shape index (κ1) is 14.8. The molecule has 1 saturated heterocycles. The summed E-state index contributed by atoms with van der Waals surface area (Å²) in [4.78, 5) is 28.6. The van der Waals surface area contributed by atoms with E-state index < -0.39 is 0 Å². The molecule has 0 saturated carbocycles. The number of piperazine rings is 1. The van der Waals surface area contributed by atoms with Gasteiger partial charge in [-0.2, -0.15) is 0 Å². The Kier molecular flexibility index (Phi) is 3.74. The van der Waals surface area contributed by atoms with Gasteiger partial charge in [0.15, 0.2) is 0 Å². The minimum absolute atomic E-state index is 0.0914. The van der Waals surface area contributed by atoms with E-state index in [0.29, 0.717) is 5.39 Å². The zero-order valence-electron chi connectivity index (χ0n) is 13.6. The third kappa shape index (κ3) is 2.76. The second-order valence-electron chi connectivity index (χ2n) is 6.16. The first-order valence-corrected chi connectivity index (χ1v) is 8.09. The minimum atomic E-state index is -0.0914. The summed E-state index contributed by atoms with van der Waals surface area (Å²) in [5, 5.41) is 1.61. The highest BCUT2D eigenvalue weighted by molar-refractivity contribution is 5.84. The lowest BCUT2D eigenvalue weighted by molar-refractivity contribution is 0.311. The van der Waals surface area contributed by atoms with Gasteiger partial charge in [-0.05, 0) is 24.6 Å². The predicted octanol–water partition coefficient (Wildman–Crippen LogP) is 1.74. The third-order valence-corrected chi connectivity index (χ3v) is 4.49. The summed E-state index contributed by atoms with van der Waals surface area (Å²) in [6.07, 6.45) is 3.56. The summed E-state index contributed by atoms with van der Waals surface area (Å²) < 4.78 is 0. The van der Waals surface area contributed by atoms with Crippen molar-refractivity contribution in [2.75, 3.05) is 38.1 Å². The molecule has 0 radical (unpaired) electrons. The van der Waals surface area contributed by atoms with Crippen molar-refractivity contribution in [2.45, 2.75) is 0 Å². The highest BCUT2D eigenvalue weighted by Crippen LogP contribution is 2.20. The Morgan fingerprint density at radius 3 is 2.50 bits per heavy atom. The van der Waals surface area contributed by atoms with Crippen LogP contribution in [-0.4, -0.2) is 53.1 Å². The maximum atomic E-state index is 12.2. The van der Waals surface area contributed by atoms with E-state index in [1.807, 2.05) is 30.3 Å². The smallest absolute Gasteiger partial charge is 0.256 e. The normalized spacial score (nSPS) is 15.8. The summed E-state index contributed by atoms with van der Waals surface area (Å²) in [5.41, 5.74) is 1.46. The molecule has 0 unspecified atom stereocenters. The molecule has 0 atom stereocenters. The van der Waals surface area contributed by atoms with Crippen LogP contribution in [0.1, 0.15) is 0 Å². The molecular formula is C18H19N5O. The molecule has 0 aliphatic carbocycles. The van der Waals surface area contributed by atoms with Gasteiger partial charge in [0.05, 0.1) is 5.69 Å². The van der Waals surface area contributed by atoms with E-state index in [9.17, 15) is 4.79 Å². The van der Waals surface area contributed by atoms with E-state index >= 15 is 0 Å². The fraction of sp³-hybridized carbons (Fsp3) is 0.278. The fourth-order valence-electron chi connectivity index (χ4n) is 3.00. The van der Waals surface area contributed by atoms with Crippen LogP contribution >= 0.6 is 0 Å². The molecule has 1 aliphatic heterocycles. The van der Waals surface area contributed by atoms with Crippen molar-refractivity contribution in [3.8, 4) is 11.3 Å². The monoisotopic (exact) mass is 321 g/mol. The molecule has 0 bridgehead atoms. The van der Waals surface area contributed by atoms with Gasteiger partial charge in [-0.3, -0.25) is 4.79 Å². The number of pyridine rings is 1. The number of anilines is 1. The van der Waals surface area contributed by atoms with Gasteiger partial charge in [0.2, 0.25) is 5.95 Å². The second-order valence-corrected chi connectivity index (χ2v) is 6.16. The quantitative estimate of drug-likeness (QED) is 0.779. The van der Waals surface area contributed by atoms with Crippen LogP contribution in [0.4, 0.5) is 5.95 Å². The summed E-state index contributed by atoms with van der Waals surface area (Å²) in [7, 11) is 2.12. The molecule has 2 aromatic heterocycles. The van der Waals surface area contributed by atoms with Gasteiger partial charge in [-0.15, -0.1) is 0 Å². The fourth-order valence-corrected chi connectivity index (χ4v) is 3.00. The zero-order valence-corrected chi connectivity index (χ0v) is 13.6. The largest absolute Gasteiger partial charge is 0.338 e. The molecule has 3 heterocycles. The molecular weight excluding hydrogens is 302 g/mol. The number of aromatic nitrogens is 3. The maximum Gasteiger partial charge on any atom is 0.256 e. The number of nitrogens with zero attached hydrogens (tertiary/aromatic N) is 4. The van der Waals surface area contributed by atoms with E-state index in [2.05, 4.69) is 31.8 Å². The number of benzene rings is 1. The van der Waals surface area contributed by atoms with Crippen molar-refractivity contribution >= 4 is 16.7 Å². The van der Waals surface area contributed by atoms with Crippen LogP contribution in [-0.2, 0) is 0 Å². The molecule has 0 spiro atoms. The lowest BCUT2D eigenvalue weighted by atomic mass is 10.1. The Morgan fingerprint density at radius 2 is 1.75 bits per heavy atom. The zero-order chi connectivity index (χ0) is 16.5. The van der Waals surface area contributed by atoms with Crippen molar-refractivity contribution in [1.29, 1.82) is 0 Å². The van der Waals surface area contributed by atoms with Crippen LogP contribution in [0.25, 0.3) is 22.0 Å². The third-order valence-electron chi connectivity index (χ3n) is 4.49. The Balaban J connectivity index is 1.64. The summed E-state index contributed by atoms with van der Waals surface area (Å²) >= 11 is 0. The Bertz CT molecular complexity index is 911. The first-order valence-electron chi connectivity index (χ1n) is 8.09. The molecule has 1 fully saturated rings. The van der Waals surface area contributed by atoms with E-state index in [1.165, 1.54) is 0 Å². The van der Waals surface area contributed by atoms with Gasteiger partial charge in [-0.25, -0.2) is 9.97 Å². The number of H-pyrrole nitrogens is 1. The molecule has 122 valence electrons. The Morgan fingerprint density at radius 1 is 1.04 bits per heavy atom. The van der Waals surface area contributed by atoms with Gasteiger partial charge in [0.1, 0.15) is 0 Å². The molecule has 0 amide bonds. The second kappa shape index (κ2) is 6.05. The number of fused-ring (bicyclic) bond motifs is 1. The standard InChI is InChI=1S/C18H19N5O/c1-22-6-8-23(9-7-22)18-19-11-14(12-20-18)16-10-13-4-2-3-5-15(13)17(24)21-16/h2-5,10-12H,6-9H2,1H3,(H,21,24). The minimum Gasteiger partial charge on any atom is -0.338 e. The van der Waals surface area contributed by atoms with Gasteiger partial charge in [0.25, 0.3) is 5.56 Å². The van der Waals surface area contributed by atoms with Crippen LogP contribution in [0.2, 0.25) is 0 Å². The average molecular weight is 321 g/mol. The van der Waals surface area contributed by atoms with E-state index in [-0.39, 0.29) is 5.56 Å². The van der Waals surface area contributed by atoms with Crippen LogP contribution in [0.15, 0.2) is 47.5 Å². The highest BCUT2D eigenvalue weighted by atomic mass is 16.1. The summed E-state index contributed by atoms with van der Waals surface area (Å²) in [5.74, 6) is 0.745. The van der Waals surface area contributed by atoms with Crippen molar-refractivity contribution in [2.24, 2.45) is 0 Å². The SMILES string of the molecule is CN1CCN(c2ncc(-c3cc4ccccc4c(=O)[nH]3)cn2)CC1. The molecule has 4 rings (SSSR count). The number of aromatic amines is 1. The number of rotatable bonds is 2. The van der Waals surface area contributed by atoms with E-state index in [4.69, 9.17) is 0 Å². The van der Waals surface area contributed by atoms with Crippen LogP contribution in [0.5, 0.6) is 0 Å². The molecule has 1 aliphatic rings. The van der Waals surface area contributed by atoms with Gasteiger partial charge >= 0.3 is 0 Å². The molecule has 6 nitrogen and oxygen atoms in total. The molecule has 6 heteroatoms. The van der Waals surface area contributed by atoms with E-state index in [0.717, 1.165) is 48.8 Å². The lowest BCUT2D eigenvalue weighted by Crippen LogP contribution is -2.45. The molecule has 3 aromatic rings. The van der Waals surface area contributed by atoms with Gasteiger partial charge < -0.3 is 14.8 Å². The van der Waals surface area contributed by atoms with E-state index in [1.54, 1.807) is 12.4 Å². The number of hydrogen-bond acceptors (Lipinski definition) is 5. The Labute approximate surface area is 139 Å². The van der Waals surface area contributed by atoms with Gasteiger partial charge in [-0.1, -0.05) is 18.2 Å². The maximum absolute atomic E-state index is 12.2.